The van der Waals surface area contributed by atoms with Crippen LogP contribution >= 0.6 is 11.6 Å². The second kappa shape index (κ2) is 10.2. The van der Waals surface area contributed by atoms with Crippen LogP contribution in [0.5, 0.6) is 0 Å². The molecule has 0 bridgehead atoms. The molecule has 166 valence electrons. The summed E-state index contributed by atoms with van der Waals surface area (Å²) in [6.45, 7) is 2.34. The molecule has 1 fully saturated rings. The number of hydrogen-bond acceptors (Lipinski definition) is 6. The summed E-state index contributed by atoms with van der Waals surface area (Å²) >= 11 is 6.13. The van der Waals surface area contributed by atoms with Crippen LogP contribution in [0.1, 0.15) is 15.9 Å². The Morgan fingerprint density at radius 2 is 1.90 bits per heavy atom. The van der Waals surface area contributed by atoms with Gasteiger partial charge in [0.15, 0.2) is 0 Å². The lowest BCUT2D eigenvalue weighted by atomic mass is 10.2. The number of amides is 2. The Labute approximate surface area is 186 Å². The molecule has 0 spiro atoms. The van der Waals surface area contributed by atoms with Crippen LogP contribution in [-0.2, 0) is 21.4 Å². The molecule has 2 N–H and O–H groups in total. The summed E-state index contributed by atoms with van der Waals surface area (Å²) in [6, 6.07) is 7.69. The molecule has 31 heavy (non-hydrogen) atoms. The van der Waals surface area contributed by atoms with Gasteiger partial charge in [0, 0.05) is 57.7 Å². The van der Waals surface area contributed by atoms with E-state index < -0.39 is 10.0 Å². The molecule has 2 amide bonds. The van der Waals surface area contributed by atoms with Crippen LogP contribution in [0.15, 0.2) is 47.6 Å². The van der Waals surface area contributed by atoms with Gasteiger partial charge in [-0.05, 0) is 29.8 Å². The number of likely N-dealkylation sites (N-methyl/N-ethyl adjacent to an activating group) is 1. The number of rotatable bonds is 7. The van der Waals surface area contributed by atoms with Crippen molar-refractivity contribution in [2.45, 2.75) is 11.4 Å². The molecule has 1 aliphatic heterocycles. The van der Waals surface area contributed by atoms with Crippen LogP contribution in [0.25, 0.3) is 0 Å². The van der Waals surface area contributed by atoms with Crippen molar-refractivity contribution in [3.63, 3.8) is 0 Å². The number of nitrogens with zero attached hydrogens (tertiary/aromatic N) is 3. The number of carbonyl (C=O) groups excluding carboxylic acids is 2. The molecule has 1 aromatic heterocycles. The fourth-order valence-electron chi connectivity index (χ4n) is 3.17. The predicted molar refractivity (Wildman–Crippen MR) is 116 cm³/mol. The average Bonchev–Trinajstić information content (AvgIpc) is 2.78. The number of nitrogens with one attached hydrogen (secondary N) is 2. The van der Waals surface area contributed by atoms with Gasteiger partial charge in [0.1, 0.15) is 4.90 Å². The second-order valence-corrected chi connectivity index (χ2v) is 9.22. The zero-order chi connectivity index (χ0) is 22.4. The molecule has 0 atom stereocenters. The smallest absolute Gasteiger partial charge is 0.253 e. The van der Waals surface area contributed by atoms with Gasteiger partial charge in [-0.3, -0.25) is 19.5 Å². The van der Waals surface area contributed by atoms with Crippen molar-refractivity contribution >= 4 is 33.4 Å². The Bertz CT molecular complexity index is 1040. The first-order valence-corrected chi connectivity index (χ1v) is 11.6. The fourth-order valence-corrected chi connectivity index (χ4v) is 4.72. The first-order valence-electron chi connectivity index (χ1n) is 9.70. The van der Waals surface area contributed by atoms with E-state index in [1.807, 2.05) is 4.90 Å². The van der Waals surface area contributed by atoms with Crippen molar-refractivity contribution in [2.75, 3.05) is 39.8 Å². The fraction of sp³-hybridized carbons (Fsp3) is 0.350. The minimum Gasteiger partial charge on any atom is -0.358 e. The number of pyridine rings is 1. The highest BCUT2D eigenvalue weighted by molar-refractivity contribution is 7.89. The maximum absolute atomic E-state index is 12.9. The zero-order valence-corrected chi connectivity index (χ0v) is 18.6. The Morgan fingerprint density at radius 1 is 1.16 bits per heavy atom. The maximum Gasteiger partial charge on any atom is 0.253 e. The third-order valence-corrected chi connectivity index (χ3v) is 6.85. The summed E-state index contributed by atoms with van der Waals surface area (Å²) < 4.78 is 28.0. The zero-order valence-electron chi connectivity index (χ0n) is 17.0. The number of aromatic nitrogens is 1. The summed E-state index contributed by atoms with van der Waals surface area (Å²) in [7, 11) is -2.35. The summed E-state index contributed by atoms with van der Waals surface area (Å²) in [5, 5.41) is 2.61. The van der Waals surface area contributed by atoms with Gasteiger partial charge in [0.25, 0.3) is 5.91 Å². The summed E-state index contributed by atoms with van der Waals surface area (Å²) in [5.41, 5.74) is 0.940. The largest absolute Gasteiger partial charge is 0.358 e. The molecule has 9 nitrogen and oxygen atoms in total. The molecule has 0 saturated carbocycles. The highest BCUT2D eigenvalue weighted by atomic mass is 35.5. The Morgan fingerprint density at radius 3 is 2.55 bits per heavy atom. The Hall–Kier alpha value is -2.53. The van der Waals surface area contributed by atoms with Crippen LogP contribution < -0.4 is 10.0 Å². The van der Waals surface area contributed by atoms with Crippen molar-refractivity contribution in [3.05, 3.63) is 58.9 Å². The van der Waals surface area contributed by atoms with E-state index in [1.165, 1.54) is 18.2 Å². The van der Waals surface area contributed by atoms with E-state index in [0.29, 0.717) is 31.7 Å². The molecule has 0 radical (unpaired) electrons. The normalized spacial score (nSPS) is 15.0. The van der Waals surface area contributed by atoms with Gasteiger partial charge in [-0.15, -0.1) is 0 Å². The number of carbonyl (C=O) groups is 2. The third kappa shape index (κ3) is 6.01. The number of piperazine rings is 1. The van der Waals surface area contributed by atoms with Gasteiger partial charge in [-0.25, -0.2) is 13.1 Å². The Balaban J connectivity index is 1.69. The van der Waals surface area contributed by atoms with Gasteiger partial charge in [0.2, 0.25) is 15.9 Å². The average molecular weight is 466 g/mol. The van der Waals surface area contributed by atoms with Crippen LogP contribution in [0.3, 0.4) is 0 Å². The molecule has 1 aliphatic rings. The number of halogens is 1. The molecular formula is C20H24ClN5O4S. The van der Waals surface area contributed by atoms with E-state index in [4.69, 9.17) is 11.6 Å². The van der Waals surface area contributed by atoms with Crippen LogP contribution in [0, 0.1) is 0 Å². The quantitative estimate of drug-likeness (QED) is 0.623. The van der Waals surface area contributed by atoms with Crippen molar-refractivity contribution in [1.29, 1.82) is 0 Å². The topological polar surface area (TPSA) is 112 Å². The van der Waals surface area contributed by atoms with Crippen LogP contribution in [0.4, 0.5) is 0 Å². The first-order chi connectivity index (χ1) is 14.8. The highest BCUT2D eigenvalue weighted by Crippen LogP contribution is 2.24. The van der Waals surface area contributed by atoms with E-state index in [9.17, 15) is 18.0 Å². The number of sulfonamides is 1. The SMILES string of the molecule is CNC(=O)CN1CCN(C(=O)c2ccc(Cl)c(S(=O)(=O)NCc3cccnc3)c2)CC1. The lowest BCUT2D eigenvalue weighted by Gasteiger charge is -2.34. The monoisotopic (exact) mass is 465 g/mol. The Kier molecular flexibility index (Phi) is 7.60. The maximum atomic E-state index is 12.9. The summed E-state index contributed by atoms with van der Waals surface area (Å²) in [6.07, 6.45) is 3.16. The van der Waals surface area contributed by atoms with Gasteiger partial charge in [-0.1, -0.05) is 17.7 Å². The van der Waals surface area contributed by atoms with Crippen LogP contribution in [0.2, 0.25) is 5.02 Å². The standard InChI is InChI=1S/C20H24ClN5O4S/c1-22-19(27)14-25-7-9-26(10-8-25)20(28)16-4-5-17(21)18(11-16)31(29,30)24-13-15-3-2-6-23-12-15/h2-6,11-12,24H,7-10,13-14H2,1H3,(H,22,27). The molecule has 11 heteroatoms. The van der Waals surface area contributed by atoms with Crippen molar-refractivity contribution in [1.82, 2.24) is 24.8 Å². The minimum atomic E-state index is -3.93. The molecule has 1 aromatic carbocycles. The first kappa shape index (κ1) is 23.1. The molecule has 1 saturated heterocycles. The van der Waals surface area contributed by atoms with E-state index in [0.717, 1.165) is 0 Å². The van der Waals surface area contributed by atoms with Crippen LogP contribution in [-0.4, -0.2) is 74.8 Å². The molecular weight excluding hydrogens is 442 g/mol. The van der Waals surface area contributed by atoms with Crippen molar-refractivity contribution in [3.8, 4) is 0 Å². The number of hydrogen-bond donors (Lipinski definition) is 2. The predicted octanol–water partition coefficient (Wildman–Crippen LogP) is 0.717. The lowest BCUT2D eigenvalue weighted by Crippen LogP contribution is -2.50. The molecule has 3 rings (SSSR count). The molecule has 0 aliphatic carbocycles. The minimum absolute atomic E-state index is 0.0330. The van der Waals surface area contributed by atoms with Crippen molar-refractivity contribution in [2.24, 2.45) is 0 Å². The molecule has 2 aromatic rings. The highest BCUT2D eigenvalue weighted by Gasteiger charge is 2.25. The molecule has 0 unspecified atom stereocenters. The third-order valence-electron chi connectivity index (χ3n) is 4.96. The van der Waals surface area contributed by atoms with E-state index >= 15 is 0 Å². The van der Waals surface area contributed by atoms with Gasteiger partial charge in [-0.2, -0.15) is 0 Å². The van der Waals surface area contributed by atoms with Crippen molar-refractivity contribution < 1.29 is 18.0 Å². The van der Waals surface area contributed by atoms with E-state index in [2.05, 4.69) is 15.0 Å². The van der Waals surface area contributed by atoms with Gasteiger partial charge < -0.3 is 10.2 Å². The second-order valence-electron chi connectivity index (χ2n) is 7.07. The summed E-state index contributed by atoms with van der Waals surface area (Å²) in [4.78, 5) is 31.8. The van der Waals surface area contributed by atoms with Gasteiger partial charge >= 0.3 is 0 Å². The van der Waals surface area contributed by atoms with E-state index in [-0.39, 0.29) is 40.4 Å². The number of benzene rings is 1. The lowest BCUT2D eigenvalue weighted by molar-refractivity contribution is -0.122. The van der Waals surface area contributed by atoms with E-state index in [1.54, 1.807) is 36.5 Å². The summed E-state index contributed by atoms with van der Waals surface area (Å²) in [5.74, 6) is -0.355. The molecule has 2 heterocycles. The van der Waals surface area contributed by atoms with Gasteiger partial charge in [0.05, 0.1) is 11.6 Å².